The lowest BCUT2D eigenvalue weighted by Crippen LogP contribution is -2.47. The van der Waals surface area contributed by atoms with E-state index in [2.05, 4.69) is 14.9 Å². The molecule has 0 aliphatic carbocycles. The molecule has 6 nitrogen and oxygen atoms in total. The highest BCUT2D eigenvalue weighted by Gasteiger charge is 2.31. The highest BCUT2D eigenvalue weighted by Crippen LogP contribution is 2.16. The van der Waals surface area contributed by atoms with E-state index in [1.807, 2.05) is 13.8 Å². The minimum Gasteiger partial charge on any atom is -0.458 e. The third-order valence-electron chi connectivity index (χ3n) is 3.02. The van der Waals surface area contributed by atoms with Crippen LogP contribution >= 0.6 is 11.5 Å². The predicted molar refractivity (Wildman–Crippen MR) is 81.2 cm³/mol. The van der Waals surface area contributed by atoms with Crippen molar-refractivity contribution in [1.82, 2.24) is 14.9 Å². The molecule has 1 rings (SSSR count). The molecule has 0 unspecified atom stereocenters. The Morgan fingerprint density at radius 1 is 1.38 bits per heavy atom. The standard InChI is InChI=1S/C14H23N3O3S/c1-7-8(2)10(13(19)20-14(4,5)6)15-12(18)11-9(3)16-17-21-11/h8,10H,7H2,1-6H3,(H,15,18)/t8-,10-/m0/s1. The molecule has 0 aromatic carbocycles. The van der Waals surface area contributed by atoms with Crippen molar-refractivity contribution in [2.45, 2.75) is 59.6 Å². The quantitative estimate of drug-likeness (QED) is 0.844. The monoisotopic (exact) mass is 313 g/mol. The summed E-state index contributed by atoms with van der Waals surface area (Å²) >= 11 is 1.02. The van der Waals surface area contributed by atoms with Crippen LogP contribution in [0.25, 0.3) is 0 Å². The van der Waals surface area contributed by atoms with Gasteiger partial charge in [0.05, 0.1) is 5.69 Å². The van der Waals surface area contributed by atoms with Crippen molar-refractivity contribution in [3.63, 3.8) is 0 Å². The Labute approximate surface area is 129 Å². The van der Waals surface area contributed by atoms with Crippen LogP contribution in [0.2, 0.25) is 0 Å². The van der Waals surface area contributed by atoms with Crippen LogP contribution in [0.3, 0.4) is 0 Å². The van der Waals surface area contributed by atoms with Gasteiger partial charge in [-0.1, -0.05) is 24.8 Å². The lowest BCUT2D eigenvalue weighted by molar-refractivity contribution is -0.158. The van der Waals surface area contributed by atoms with Crippen molar-refractivity contribution in [3.8, 4) is 0 Å². The first-order valence-electron chi connectivity index (χ1n) is 6.98. The van der Waals surface area contributed by atoms with Crippen molar-refractivity contribution in [2.24, 2.45) is 5.92 Å². The molecular weight excluding hydrogens is 290 g/mol. The van der Waals surface area contributed by atoms with Crippen molar-refractivity contribution in [2.75, 3.05) is 0 Å². The van der Waals surface area contributed by atoms with E-state index < -0.39 is 17.6 Å². The molecule has 1 heterocycles. The Morgan fingerprint density at radius 3 is 2.43 bits per heavy atom. The van der Waals surface area contributed by atoms with Crippen molar-refractivity contribution in [3.05, 3.63) is 10.6 Å². The Hall–Kier alpha value is -1.50. The largest absolute Gasteiger partial charge is 0.458 e. The SMILES string of the molecule is CC[C@H](C)[C@H](NC(=O)c1snnc1C)C(=O)OC(C)(C)C. The summed E-state index contributed by atoms with van der Waals surface area (Å²) in [5.41, 5.74) is -0.0280. The molecule has 118 valence electrons. The van der Waals surface area contributed by atoms with Gasteiger partial charge in [0, 0.05) is 0 Å². The number of nitrogens with zero attached hydrogens (tertiary/aromatic N) is 2. The number of ether oxygens (including phenoxy) is 1. The molecule has 1 N–H and O–H groups in total. The number of aromatic nitrogens is 2. The van der Waals surface area contributed by atoms with Crippen LogP contribution in [-0.2, 0) is 9.53 Å². The molecule has 2 atom stereocenters. The zero-order chi connectivity index (χ0) is 16.2. The average Bonchev–Trinajstić information content (AvgIpc) is 2.78. The van der Waals surface area contributed by atoms with Crippen LogP contribution in [0.15, 0.2) is 0 Å². The van der Waals surface area contributed by atoms with Gasteiger partial charge >= 0.3 is 5.97 Å². The fourth-order valence-electron chi connectivity index (χ4n) is 1.68. The molecule has 1 aromatic rings. The summed E-state index contributed by atoms with van der Waals surface area (Å²) in [6.07, 6.45) is 0.754. The molecule has 0 aliphatic rings. The summed E-state index contributed by atoms with van der Waals surface area (Å²) in [5.74, 6) is -0.774. The normalized spacial score (nSPS) is 14.4. The van der Waals surface area contributed by atoms with E-state index in [0.717, 1.165) is 18.0 Å². The van der Waals surface area contributed by atoms with E-state index in [1.165, 1.54) is 0 Å². The fraction of sp³-hybridized carbons (Fsp3) is 0.714. The first-order valence-corrected chi connectivity index (χ1v) is 7.75. The van der Waals surface area contributed by atoms with Gasteiger partial charge in [0.15, 0.2) is 0 Å². The minimum atomic E-state index is -0.678. The van der Waals surface area contributed by atoms with E-state index in [-0.39, 0.29) is 11.8 Å². The van der Waals surface area contributed by atoms with Gasteiger partial charge in [-0.3, -0.25) is 4.79 Å². The zero-order valence-electron chi connectivity index (χ0n) is 13.4. The van der Waals surface area contributed by atoms with E-state index in [4.69, 9.17) is 4.74 Å². The molecule has 1 amide bonds. The van der Waals surface area contributed by atoms with Gasteiger partial charge in [-0.05, 0) is 45.1 Å². The molecule has 7 heteroatoms. The molecule has 0 bridgehead atoms. The van der Waals surface area contributed by atoms with Gasteiger partial charge < -0.3 is 10.1 Å². The van der Waals surface area contributed by atoms with Gasteiger partial charge in [-0.15, -0.1) is 5.10 Å². The van der Waals surface area contributed by atoms with Gasteiger partial charge in [-0.2, -0.15) is 0 Å². The summed E-state index contributed by atoms with van der Waals surface area (Å²) in [7, 11) is 0. The van der Waals surface area contributed by atoms with Crippen LogP contribution in [-0.4, -0.2) is 33.1 Å². The number of esters is 1. The number of nitrogens with one attached hydrogen (secondary N) is 1. The van der Waals surface area contributed by atoms with E-state index in [0.29, 0.717) is 10.6 Å². The van der Waals surface area contributed by atoms with E-state index in [1.54, 1.807) is 27.7 Å². The number of hydrogen-bond donors (Lipinski definition) is 1. The van der Waals surface area contributed by atoms with Crippen LogP contribution < -0.4 is 5.32 Å². The second-order valence-corrected chi connectivity index (χ2v) is 6.81. The summed E-state index contributed by atoms with van der Waals surface area (Å²) in [6, 6.07) is -0.678. The maximum atomic E-state index is 12.3. The van der Waals surface area contributed by atoms with E-state index in [9.17, 15) is 9.59 Å². The first-order chi connectivity index (χ1) is 9.65. The lowest BCUT2D eigenvalue weighted by atomic mass is 9.98. The second kappa shape index (κ2) is 6.98. The summed E-state index contributed by atoms with van der Waals surface area (Å²) < 4.78 is 9.12. The predicted octanol–water partition coefficient (Wildman–Crippen LogP) is 2.33. The molecule has 21 heavy (non-hydrogen) atoms. The molecule has 0 radical (unpaired) electrons. The molecule has 0 saturated heterocycles. The maximum absolute atomic E-state index is 12.3. The zero-order valence-corrected chi connectivity index (χ0v) is 14.2. The van der Waals surface area contributed by atoms with Gasteiger partial charge in [-0.25, -0.2) is 4.79 Å². The Morgan fingerprint density at radius 2 is 2.00 bits per heavy atom. The summed E-state index contributed by atoms with van der Waals surface area (Å²) in [6.45, 7) is 11.0. The highest BCUT2D eigenvalue weighted by atomic mass is 32.1. The topological polar surface area (TPSA) is 81.2 Å². The second-order valence-electron chi connectivity index (χ2n) is 6.06. The lowest BCUT2D eigenvalue weighted by Gasteiger charge is -2.27. The van der Waals surface area contributed by atoms with Crippen LogP contribution in [0.1, 0.15) is 56.4 Å². The molecule has 0 aliphatic heterocycles. The van der Waals surface area contributed by atoms with Gasteiger partial charge in [0.25, 0.3) is 5.91 Å². The number of amides is 1. The van der Waals surface area contributed by atoms with Crippen molar-refractivity contribution >= 4 is 23.4 Å². The first kappa shape index (κ1) is 17.6. The third-order valence-corrected chi connectivity index (χ3v) is 3.84. The number of carbonyl (C=O) groups excluding carboxylic acids is 2. The summed E-state index contributed by atoms with van der Waals surface area (Å²) in [5, 5.41) is 6.56. The van der Waals surface area contributed by atoms with Crippen molar-refractivity contribution < 1.29 is 14.3 Å². The van der Waals surface area contributed by atoms with Crippen LogP contribution in [0, 0.1) is 12.8 Å². The smallest absolute Gasteiger partial charge is 0.329 e. The van der Waals surface area contributed by atoms with Gasteiger partial charge in [0.1, 0.15) is 16.5 Å². The number of rotatable bonds is 5. The van der Waals surface area contributed by atoms with Crippen molar-refractivity contribution in [1.29, 1.82) is 0 Å². The van der Waals surface area contributed by atoms with Crippen LogP contribution in [0.5, 0.6) is 0 Å². The molecule has 0 saturated carbocycles. The van der Waals surface area contributed by atoms with E-state index >= 15 is 0 Å². The minimum absolute atomic E-state index is 0.0232. The maximum Gasteiger partial charge on any atom is 0.329 e. The van der Waals surface area contributed by atoms with Crippen LogP contribution in [0.4, 0.5) is 0 Å². The number of hydrogen-bond acceptors (Lipinski definition) is 6. The highest BCUT2D eigenvalue weighted by molar-refractivity contribution is 7.08. The molecular formula is C14H23N3O3S. The average molecular weight is 313 g/mol. The molecule has 1 aromatic heterocycles. The third kappa shape index (κ3) is 5.08. The number of carbonyl (C=O) groups is 2. The number of aryl methyl sites for hydroxylation is 1. The Bertz CT molecular complexity index is 508. The molecule has 0 spiro atoms. The molecule has 0 fully saturated rings. The Kier molecular flexibility index (Phi) is 5.83. The fourth-order valence-corrected chi connectivity index (χ4v) is 2.24. The summed E-state index contributed by atoms with van der Waals surface area (Å²) in [4.78, 5) is 24.9. The Balaban J connectivity index is 2.87. The van der Waals surface area contributed by atoms with Gasteiger partial charge in [0.2, 0.25) is 0 Å².